The molecule has 0 amide bonds. The van der Waals surface area contributed by atoms with E-state index in [4.69, 9.17) is 25.7 Å². The second kappa shape index (κ2) is 8.63. The van der Waals surface area contributed by atoms with E-state index in [1.165, 1.54) is 0 Å². The lowest BCUT2D eigenvalue weighted by atomic mass is 10.1. The van der Waals surface area contributed by atoms with E-state index in [2.05, 4.69) is 4.90 Å². The zero-order chi connectivity index (χ0) is 15.0. The van der Waals surface area contributed by atoms with Crippen molar-refractivity contribution in [1.82, 2.24) is 4.90 Å². The third kappa shape index (κ3) is 4.00. The number of nitrogens with zero attached hydrogens (tertiary/aromatic N) is 1. The van der Waals surface area contributed by atoms with E-state index < -0.39 is 0 Å². The summed E-state index contributed by atoms with van der Waals surface area (Å²) in [5.41, 5.74) is 12.3. The summed E-state index contributed by atoms with van der Waals surface area (Å²) in [4.78, 5) is 2.18. The van der Waals surface area contributed by atoms with Crippen LogP contribution in [0.4, 0.5) is 0 Å². The number of ether oxygens (including phenoxy) is 3. The van der Waals surface area contributed by atoms with Gasteiger partial charge in [-0.1, -0.05) is 6.07 Å². The molecule has 0 saturated carbocycles. The second-order valence-corrected chi connectivity index (χ2v) is 4.35. The molecule has 1 rings (SSSR count). The average molecular weight is 283 g/mol. The molecular formula is C14H25N3O3. The highest BCUT2D eigenvalue weighted by atomic mass is 16.5. The van der Waals surface area contributed by atoms with Crippen molar-refractivity contribution in [3.8, 4) is 17.2 Å². The fourth-order valence-corrected chi connectivity index (χ4v) is 2.16. The van der Waals surface area contributed by atoms with Crippen LogP contribution in [0.25, 0.3) is 0 Å². The van der Waals surface area contributed by atoms with Crippen molar-refractivity contribution in [2.45, 2.75) is 6.54 Å². The first-order chi connectivity index (χ1) is 9.71. The minimum absolute atomic E-state index is 0.593. The van der Waals surface area contributed by atoms with Crippen molar-refractivity contribution in [3.05, 3.63) is 17.7 Å². The van der Waals surface area contributed by atoms with Crippen LogP contribution in [0, 0.1) is 0 Å². The Hall–Kier alpha value is -1.50. The molecule has 4 N–H and O–H groups in total. The monoisotopic (exact) mass is 283 g/mol. The average Bonchev–Trinajstić information content (AvgIpc) is 2.47. The highest BCUT2D eigenvalue weighted by Gasteiger charge is 2.17. The van der Waals surface area contributed by atoms with E-state index in [0.717, 1.165) is 18.7 Å². The van der Waals surface area contributed by atoms with Crippen LogP contribution in [0.1, 0.15) is 5.56 Å². The molecule has 0 bridgehead atoms. The number of methoxy groups -OCH3 is 3. The lowest BCUT2D eigenvalue weighted by molar-refractivity contribution is 0.270. The molecule has 1 aromatic rings. The maximum atomic E-state index is 5.63. The molecular weight excluding hydrogens is 258 g/mol. The van der Waals surface area contributed by atoms with Crippen molar-refractivity contribution >= 4 is 0 Å². The zero-order valence-corrected chi connectivity index (χ0v) is 12.5. The van der Waals surface area contributed by atoms with E-state index in [1.54, 1.807) is 21.3 Å². The zero-order valence-electron chi connectivity index (χ0n) is 12.5. The van der Waals surface area contributed by atoms with Crippen LogP contribution in [0.3, 0.4) is 0 Å². The summed E-state index contributed by atoms with van der Waals surface area (Å²) in [5.74, 6) is 1.94. The van der Waals surface area contributed by atoms with Gasteiger partial charge in [-0.05, 0) is 6.07 Å². The van der Waals surface area contributed by atoms with Crippen LogP contribution < -0.4 is 25.7 Å². The quantitative estimate of drug-likeness (QED) is 0.684. The van der Waals surface area contributed by atoms with Gasteiger partial charge in [0.15, 0.2) is 11.5 Å². The standard InChI is InChI=1S/C14H25N3O3/c1-18-12-5-4-11(13(19-2)14(12)20-3)10-17(8-6-15)9-7-16/h4-5H,6-10,15-16H2,1-3H3. The summed E-state index contributed by atoms with van der Waals surface area (Å²) in [5, 5.41) is 0. The first kappa shape index (κ1) is 16.6. The lowest BCUT2D eigenvalue weighted by Crippen LogP contribution is -2.33. The van der Waals surface area contributed by atoms with Gasteiger partial charge in [0, 0.05) is 38.3 Å². The largest absolute Gasteiger partial charge is 0.493 e. The number of hydrogen-bond acceptors (Lipinski definition) is 6. The Bertz CT molecular complexity index is 407. The molecule has 0 aliphatic heterocycles. The SMILES string of the molecule is COc1ccc(CN(CCN)CCN)c(OC)c1OC. The maximum Gasteiger partial charge on any atom is 0.203 e. The molecule has 20 heavy (non-hydrogen) atoms. The van der Waals surface area contributed by atoms with Crippen molar-refractivity contribution in [1.29, 1.82) is 0 Å². The fourth-order valence-electron chi connectivity index (χ4n) is 2.16. The molecule has 6 heteroatoms. The summed E-state index contributed by atoms with van der Waals surface area (Å²) in [7, 11) is 4.82. The third-order valence-electron chi connectivity index (χ3n) is 3.07. The van der Waals surface area contributed by atoms with E-state index in [0.29, 0.717) is 36.9 Å². The van der Waals surface area contributed by atoms with Gasteiger partial charge in [-0.2, -0.15) is 0 Å². The van der Waals surface area contributed by atoms with Gasteiger partial charge < -0.3 is 25.7 Å². The summed E-state index contributed by atoms with van der Waals surface area (Å²) in [6, 6.07) is 3.85. The molecule has 0 radical (unpaired) electrons. The van der Waals surface area contributed by atoms with Gasteiger partial charge in [-0.15, -0.1) is 0 Å². The van der Waals surface area contributed by atoms with Gasteiger partial charge in [-0.25, -0.2) is 0 Å². The van der Waals surface area contributed by atoms with E-state index in [-0.39, 0.29) is 0 Å². The Morgan fingerprint density at radius 3 is 1.95 bits per heavy atom. The first-order valence-corrected chi connectivity index (χ1v) is 6.62. The van der Waals surface area contributed by atoms with Crippen molar-refractivity contribution in [2.24, 2.45) is 11.5 Å². The number of nitrogens with two attached hydrogens (primary N) is 2. The molecule has 6 nitrogen and oxygen atoms in total. The lowest BCUT2D eigenvalue weighted by Gasteiger charge is -2.23. The first-order valence-electron chi connectivity index (χ1n) is 6.62. The van der Waals surface area contributed by atoms with Crippen LogP contribution in [-0.2, 0) is 6.54 Å². The van der Waals surface area contributed by atoms with E-state index >= 15 is 0 Å². The van der Waals surface area contributed by atoms with E-state index in [9.17, 15) is 0 Å². The van der Waals surface area contributed by atoms with Crippen LogP contribution in [0.15, 0.2) is 12.1 Å². The van der Waals surface area contributed by atoms with Crippen LogP contribution in [0.5, 0.6) is 17.2 Å². The van der Waals surface area contributed by atoms with Crippen molar-refractivity contribution in [2.75, 3.05) is 47.5 Å². The number of benzene rings is 1. The highest BCUT2D eigenvalue weighted by molar-refractivity contribution is 5.55. The van der Waals surface area contributed by atoms with Gasteiger partial charge >= 0.3 is 0 Å². The predicted octanol–water partition coefficient (Wildman–Crippen LogP) is 0.432. The van der Waals surface area contributed by atoms with Crippen LogP contribution in [-0.4, -0.2) is 52.4 Å². The summed E-state index contributed by atoms with van der Waals surface area (Å²) in [6.45, 7) is 3.46. The van der Waals surface area contributed by atoms with Crippen molar-refractivity contribution in [3.63, 3.8) is 0 Å². The summed E-state index contributed by atoms with van der Waals surface area (Å²) in [6.07, 6.45) is 0. The van der Waals surface area contributed by atoms with Crippen molar-refractivity contribution < 1.29 is 14.2 Å². The van der Waals surface area contributed by atoms with Gasteiger partial charge in [0.2, 0.25) is 5.75 Å². The molecule has 0 fully saturated rings. The fraction of sp³-hybridized carbons (Fsp3) is 0.571. The Balaban J connectivity index is 3.04. The molecule has 0 spiro atoms. The normalized spacial score (nSPS) is 10.7. The molecule has 114 valence electrons. The predicted molar refractivity (Wildman–Crippen MR) is 79.5 cm³/mol. The van der Waals surface area contributed by atoms with Gasteiger partial charge in [0.1, 0.15) is 0 Å². The minimum atomic E-state index is 0.593. The molecule has 0 aliphatic carbocycles. The Kier molecular flexibility index (Phi) is 7.14. The second-order valence-electron chi connectivity index (χ2n) is 4.35. The summed E-state index contributed by atoms with van der Waals surface area (Å²) >= 11 is 0. The molecule has 0 heterocycles. The molecule has 1 aromatic carbocycles. The third-order valence-corrected chi connectivity index (χ3v) is 3.07. The Labute approximate surface area is 120 Å². The van der Waals surface area contributed by atoms with Crippen LogP contribution >= 0.6 is 0 Å². The molecule has 0 unspecified atom stereocenters. The topological polar surface area (TPSA) is 83.0 Å². The maximum absolute atomic E-state index is 5.63. The van der Waals surface area contributed by atoms with Crippen LogP contribution in [0.2, 0.25) is 0 Å². The molecule has 0 saturated heterocycles. The Morgan fingerprint density at radius 2 is 1.50 bits per heavy atom. The summed E-state index contributed by atoms with van der Waals surface area (Å²) < 4.78 is 16.1. The molecule has 0 atom stereocenters. The van der Waals surface area contributed by atoms with Gasteiger partial charge in [-0.3, -0.25) is 4.90 Å². The van der Waals surface area contributed by atoms with E-state index in [1.807, 2.05) is 12.1 Å². The smallest absolute Gasteiger partial charge is 0.203 e. The van der Waals surface area contributed by atoms with Gasteiger partial charge in [0.25, 0.3) is 0 Å². The Morgan fingerprint density at radius 1 is 0.900 bits per heavy atom. The number of hydrogen-bond donors (Lipinski definition) is 2. The highest BCUT2D eigenvalue weighted by Crippen LogP contribution is 2.40. The molecule has 0 aliphatic rings. The van der Waals surface area contributed by atoms with Gasteiger partial charge in [0.05, 0.1) is 21.3 Å². The number of rotatable bonds is 9. The minimum Gasteiger partial charge on any atom is -0.493 e. The molecule has 0 aromatic heterocycles.